The fourth-order valence-corrected chi connectivity index (χ4v) is 3.40. The Morgan fingerprint density at radius 1 is 1.08 bits per heavy atom. The average Bonchev–Trinajstić information content (AvgIpc) is 3.20. The van der Waals surface area contributed by atoms with Crippen LogP contribution in [0.1, 0.15) is 10.6 Å². The molecule has 26 heavy (non-hydrogen) atoms. The van der Waals surface area contributed by atoms with Gasteiger partial charge in [0.2, 0.25) is 4.96 Å². The highest BCUT2D eigenvalue weighted by Gasteiger charge is 2.14. The molecule has 4 aromatic rings. The monoisotopic (exact) mass is 365 g/mol. The molecule has 0 saturated heterocycles. The van der Waals surface area contributed by atoms with Gasteiger partial charge in [-0.15, -0.1) is 10.2 Å². The van der Waals surface area contributed by atoms with Gasteiger partial charge in [0.15, 0.2) is 10.8 Å². The summed E-state index contributed by atoms with van der Waals surface area (Å²) >= 11 is 1.49. The quantitative estimate of drug-likeness (QED) is 0.538. The van der Waals surface area contributed by atoms with Gasteiger partial charge in [0, 0.05) is 25.3 Å². The minimum absolute atomic E-state index is 0.413. The molecule has 132 valence electrons. The van der Waals surface area contributed by atoms with Crippen LogP contribution in [0.3, 0.4) is 0 Å². The molecule has 0 bridgehead atoms. The summed E-state index contributed by atoms with van der Waals surface area (Å²) in [5.74, 6) is 1.58. The molecule has 2 heterocycles. The summed E-state index contributed by atoms with van der Waals surface area (Å²) in [6, 6.07) is 16.2. The third-order valence-corrected chi connectivity index (χ3v) is 4.90. The molecule has 0 saturated carbocycles. The maximum Gasteiger partial charge on any atom is 0.235 e. The first-order valence-electron chi connectivity index (χ1n) is 8.28. The molecule has 0 aliphatic rings. The molecule has 0 unspecified atom stereocenters. The number of hydrogen-bond acceptors (Lipinski definition) is 6. The molecule has 0 N–H and O–H groups in total. The lowest BCUT2D eigenvalue weighted by atomic mass is 10.2. The van der Waals surface area contributed by atoms with E-state index in [2.05, 4.69) is 32.3 Å². The lowest BCUT2D eigenvalue weighted by Crippen LogP contribution is -2.08. The van der Waals surface area contributed by atoms with Crippen molar-refractivity contribution in [2.45, 2.75) is 13.5 Å². The van der Waals surface area contributed by atoms with Crippen molar-refractivity contribution < 1.29 is 4.74 Å². The molecule has 0 atom stereocenters. The van der Waals surface area contributed by atoms with E-state index in [1.54, 1.807) is 4.52 Å². The lowest BCUT2D eigenvalue weighted by molar-refractivity contribution is 0.304. The van der Waals surface area contributed by atoms with Crippen molar-refractivity contribution in [3.63, 3.8) is 0 Å². The standard InChI is InChI=1S/C19H19N5OS/c1-13-5-4-6-16(11-13)25-12-17-22-24-18(20-21-19(24)26-17)14-7-9-15(10-8-14)23(2)3/h4-11H,12H2,1-3H3. The summed E-state index contributed by atoms with van der Waals surface area (Å²) in [6.07, 6.45) is 0. The summed E-state index contributed by atoms with van der Waals surface area (Å²) in [5.41, 5.74) is 3.30. The van der Waals surface area contributed by atoms with Crippen LogP contribution in [0, 0.1) is 6.92 Å². The number of anilines is 1. The predicted molar refractivity (Wildman–Crippen MR) is 104 cm³/mol. The van der Waals surface area contributed by atoms with Gasteiger partial charge in [-0.1, -0.05) is 23.5 Å². The zero-order chi connectivity index (χ0) is 18.1. The molecule has 7 heteroatoms. The third kappa shape index (κ3) is 3.25. The number of nitrogens with zero attached hydrogens (tertiary/aromatic N) is 5. The number of ether oxygens (including phenoxy) is 1. The zero-order valence-corrected chi connectivity index (χ0v) is 15.7. The van der Waals surface area contributed by atoms with Gasteiger partial charge in [0.25, 0.3) is 0 Å². The second-order valence-corrected chi connectivity index (χ2v) is 7.30. The number of aromatic nitrogens is 4. The SMILES string of the molecule is Cc1cccc(OCc2nn3c(-c4ccc(N(C)C)cc4)nnc3s2)c1. The molecular weight excluding hydrogens is 346 g/mol. The molecule has 2 aromatic heterocycles. The van der Waals surface area contributed by atoms with E-state index in [9.17, 15) is 0 Å². The molecule has 0 spiro atoms. The Hall–Kier alpha value is -2.93. The summed E-state index contributed by atoms with van der Waals surface area (Å²) in [5, 5.41) is 14.0. The van der Waals surface area contributed by atoms with Gasteiger partial charge >= 0.3 is 0 Å². The fraction of sp³-hybridized carbons (Fsp3) is 0.211. The summed E-state index contributed by atoms with van der Waals surface area (Å²) in [6.45, 7) is 2.46. The Balaban J connectivity index is 1.56. The van der Waals surface area contributed by atoms with Crippen LogP contribution in [-0.2, 0) is 6.61 Å². The minimum atomic E-state index is 0.413. The molecule has 0 aliphatic carbocycles. The van der Waals surface area contributed by atoms with Crippen LogP contribution in [0.15, 0.2) is 48.5 Å². The highest BCUT2D eigenvalue weighted by molar-refractivity contribution is 7.16. The van der Waals surface area contributed by atoms with Gasteiger partial charge in [-0.3, -0.25) is 0 Å². The van der Waals surface area contributed by atoms with E-state index < -0.39 is 0 Å². The van der Waals surface area contributed by atoms with E-state index in [4.69, 9.17) is 4.74 Å². The Morgan fingerprint density at radius 2 is 1.88 bits per heavy atom. The van der Waals surface area contributed by atoms with Crippen molar-refractivity contribution in [1.29, 1.82) is 0 Å². The third-order valence-electron chi connectivity index (χ3n) is 4.03. The Bertz CT molecular complexity index is 1040. The van der Waals surface area contributed by atoms with E-state index in [-0.39, 0.29) is 0 Å². The van der Waals surface area contributed by atoms with E-state index in [0.717, 1.165) is 32.8 Å². The Labute approximate surface area is 155 Å². The predicted octanol–water partition coefficient (Wildman–Crippen LogP) is 3.81. The fourth-order valence-electron chi connectivity index (χ4n) is 2.65. The number of benzene rings is 2. The largest absolute Gasteiger partial charge is 0.486 e. The molecule has 0 fully saturated rings. The Morgan fingerprint density at radius 3 is 2.62 bits per heavy atom. The number of rotatable bonds is 5. The molecule has 2 aromatic carbocycles. The van der Waals surface area contributed by atoms with Crippen molar-refractivity contribution in [2.75, 3.05) is 19.0 Å². The summed E-state index contributed by atoms with van der Waals surface area (Å²) in [7, 11) is 4.04. The van der Waals surface area contributed by atoms with Crippen LogP contribution in [-0.4, -0.2) is 33.9 Å². The highest BCUT2D eigenvalue weighted by atomic mass is 32.1. The zero-order valence-electron chi connectivity index (χ0n) is 14.9. The van der Waals surface area contributed by atoms with E-state index in [1.165, 1.54) is 16.9 Å². The average molecular weight is 365 g/mol. The van der Waals surface area contributed by atoms with Crippen LogP contribution < -0.4 is 9.64 Å². The molecule has 0 aliphatic heterocycles. The molecule has 4 rings (SSSR count). The van der Waals surface area contributed by atoms with Crippen LogP contribution in [0.25, 0.3) is 16.3 Å². The first-order valence-corrected chi connectivity index (χ1v) is 9.10. The van der Waals surface area contributed by atoms with Crippen molar-refractivity contribution in [3.8, 4) is 17.1 Å². The maximum absolute atomic E-state index is 5.84. The number of fused-ring (bicyclic) bond motifs is 1. The topological polar surface area (TPSA) is 55.6 Å². The van der Waals surface area contributed by atoms with E-state index >= 15 is 0 Å². The van der Waals surface area contributed by atoms with Gasteiger partial charge in [0.1, 0.15) is 12.4 Å². The Kier molecular flexibility index (Phi) is 4.30. The molecule has 0 amide bonds. The van der Waals surface area contributed by atoms with Crippen molar-refractivity contribution >= 4 is 22.0 Å². The second kappa shape index (κ2) is 6.76. The van der Waals surface area contributed by atoms with Gasteiger partial charge in [-0.2, -0.15) is 9.61 Å². The number of hydrogen-bond donors (Lipinski definition) is 0. The first-order chi connectivity index (χ1) is 12.6. The van der Waals surface area contributed by atoms with Gasteiger partial charge in [0.05, 0.1) is 0 Å². The molecule has 6 nitrogen and oxygen atoms in total. The number of aryl methyl sites for hydroxylation is 1. The summed E-state index contributed by atoms with van der Waals surface area (Å²) in [4.78, 5) is 2.83. The maximum atomic E-state index is 5.84. The van der Waals surface area contributed by atoms with Crippen LogP contribution in [0.2, 0.25) is 0 Å². The first kappa shape index (κ1) is 16.5. The van der Waals surface area contributed by atoms with Crippen molar-refractivity contribution in [2.24, 2.45) is 0 Å². The van der Waals surface area contributed by atoms with E-state index in [0.29, 0.717) is 6.61 Å². The minimum Gasteiger partial charge on any atom is -0.486 e. The second-order valence-electron chi connectivity index (χ2n) is 6.26. The smallest absolute Gasteiger partial charge is 0.235 e. The van der Waals surface area contributed by atoms with Gasteiger partial charge in [-0.25, -0.2) is 0 Å². The van der Waals surface area contributed by atoms with Crippen LogP contribution in [0.5, 0.6) is 5.75 Å². The van der Waals surface area contributed by atoms with Gasteiger partial charge < -0.3 is 9.64 Å². The summed E-state index contributed by atoms with van der Waals surface area (Å²) < 4.78 is 7.62. The molecular formula is C19H19N5OS. The highest BCUT2D eigenvalue weighted by Crippen LogP contribution is 2.24. The van der Waals surface area contributed by atoms with Crippen molar-refractivity contribution in [3.05, 3.63) is 59.1 Å². The molecule has 0 radical (unpaired) electrons. The van der Waals surface area contributed by atoms with Crippen LogP contribution >= 0.6 is 11.3 Å². The lowest BCUT2D eigenvalue weighted by Gasteiger charge is -2.12. The normalized spacial score (nSPS) is 11.0. The van der Waals surface area contributed by atoms with Crippen LogP contribution in [0.4, 0.5) is 5.69 Å². The van der Waals surface area contributed by atoms with Gasteiger partial charge in [-0.05, 0) is 48.9 Å². The van der Waals surface area contributed by atoms with Crippen molar-refractivity contribution in [1.82, 2.24) is 19.8 Å². The van der Waals surface area contributed by atoms with E-state index in [1.807, 2.05) is 57.4 Å².